The molecular weight excluding hydrogens is 180 g/mol. The Morgan fingerprint density at radius 1 is 1.38 bits per heavy atom. The minimum Gasteiger partial charge on any atom is -0.497 e. The molecule has 5 heteroatoms. The molecule has 0 amide bonds. The predicted octanol–water partition coefficient (Wildman–Crippen LogP) is 1.88. The number of hydrogen-bond acceptors (Lipinski definition) is 3. The van der Waals surface area contributed by atoms with Crippen molar-refractivity contribution in [2.24, 2.45) is 0 Å². The molecule has 0 heterocycles. The van der Waals surface area contributed by atoms with Crippen molar-refractivity contribution >= 4 is 5.69 Å². The first-order chi connectivity index (χ1) is 6.13. The smallest absolute Gasteiger partial charge is 0.387 e. The molecule has 2 N–H and O–H groups in total. The van der Waals surface area contributed by atoms with Gasteiger partial charge in [-0.1, -0.05) is 0 Å². The van der Waals surface area contributed by atoms with Crippen molar-refractivity contribution in [1.29, 1.82) is 0 Å². The summed E-state index contributed by atoms with van der Waals surface area (Å²) < 4.78 is 32.5. The highest BCUT2D eigenvalue weighted by atomic mass is 19.3. The third-order valence-electron chi connectivity index (χ3n) is 1.43. The minimum absolute atomic E-state index is 0.0456. The SMILES string of the molecule is COc1ccc(OC(F)F)c(N)c1. The quantitative estimate of drug-likeness (QED) is 0.738. The van der Waals surface area contributed by atoms with Crippen molar-refractivity contribution in [3.63, 3.8) is 0 Å². The van der Waals surface area contributed by atoms with Crippen LogP contribution in [0.15, 0.2) is 18.2 Å². The van der Waals surface area contributed by atoms with Gasteiger partial charge in [0, 0.05) is 6.07 Å². The lowest BCUT2D eigenvalue weighted by Gasteiger charge is -2.08. The van der Waals surface area contributed by atoms with E-state index in [-0.39, 0.29) is 11.4 Å². The molecule has 0 aliphatic heterocycles. The van der Waals surface area contributed by atoms with Gasteiger partial charge in [-0.2, -0.15) is 8.78 Å². The van der Waals surface area contributed by atoms with Gasteiger partial charge in [-0.25, -0.2) is 0 Å². The van der Waals surface area contributed by atoms with E-state index >= 15 is 0 Å². The number of anilines is 1. The average molecular weight is 189 g/mol. The normalized spacial score (nSPS) is 10.2. The second-order valence-corrected chi connectivity index (χ2v) is 2.28. The summed E-state index contributed by atoms with van der Waals surface area (Å²) in [6, 6.07) is 4.24. The van der Waals surface area contributed by atoms with Crippen LogP contribution in [0.1, 0.15) is 0 Å². The molecule has 0 saturated heterocycles. The summed E-state index contributed by atoms with van der Waals surface area (Å²) in [5, 5.41) is 0. The summed E-state index contributed by atoms with van der Waals surface area (Å²) in [6.07, 6.45) is 0. The third-order valence-corrected chi connectivity index (χ3v) is 1.43. The van der Waals surface area contributed by atoms with E-state index in [1.165, 1.54) is 25.3 Å². The van der Waals surface area contributed by atoms with Crippen molar-refractivity contribution in [3.05, 3.63) is 18.2 Å². The van der Waals surface area contributed by atoms with E-state index in [2.05, 4.69) is 4.74 Å². The number of hydrogen-bond donors (Lipinski definition) is 1. The van der Waals surface area contributed by atoms with E-state index in [0.717, 1.165) is 0 Å². The summed E-state index contributed by atoms with van der Waals surface area (Å²) in [4.78, 5) is 0. The zero-order chi connectivity index (χ0) is 9.84. The number of nitrogen functional groups attached to an aromatic ring is 1. The van der Waals surface area contributed by atoms with Gasteiger partial charge < -0.3 is 15.2 Å². The molecule has 0 spiro atoms. The van der Waals surface area contributed by atoms with Gasteiger partial charge in [0.05, 0.1) is 12.8 Å². The molecule has 1 aromatic rings. The number of methoxy groups -OCH3 is 1. The molecule has 0 unspecified atom stereocenters. The molecule has 0 saturated carbocycles. The highest BCUT2D eigenvalue weighted by Crippen LogP contribution is 2.27. The fourth-order valence-corrected chi connectivity index (χ4v) is 0.857. The average Bonchev–Trinajstić information content (AvgIpc) is 2.08. The van der Waals surface area contributed by atoms with Crippen LogP contribution in [0, 0.1) is 0 Å². The topological polar surface area (TPSA) is 44.5 Å². The first-order valence-electron chi connectivity index (χ1n) is 3.52. The van der Waals surface area contributed by atoms with Crippen LogP contribution in [0.4, 0.5) is 14.5 Å². The van der Waals surface area contributed by atoms with E-state index in [9.17, 15) is 8.78 Å². The van der Waals surface area contributed by atoms with Crippen molar-refractivity contribution < 1.29 is 18.3 Å². The predicted molar refractivity (Wildman–Crippen MR) is 44.0 cm³/mol. The van der Waals surface area contributed by atoms with Gasteiger partial charge >= 0.3 is 6.61 Å². The molecule has 3 nitrogen and oxygen atoms in total. The van der Waals surface area contributed by atoms with Crippen LogP contribution in [-0.2, 0) is 0 Å². The first kappa shape index (κ1) is 9.57. The molecule has 0 atom stereocenters. The molecule has 0 aliphatic rings. The molecule has 72 valence electrons. The fourth-order valence-electron chi connectivity index (χ4n) is 0.857. The van der Waals surface area contributed by atoms with Gasteiger partial charge in [-0.3, -0.25) is 0 Å². The largest absolute Gasteiger partial charge is 0.497 e. The van der Waals surface area contributed by atoms with Crippen molar-refractivity contribution in [3.8, 4) is 11.5 Å². The van der Waals surface area contributed by atoms with E-state index in [0.29, 0.717) is 5.75 Å². The Morgan fingerprint density at radius 2 is 2.08 bits per heavy atom. The zero-order valence-electron chi connectivity index (χ0n) is 6.96. The van der Waals surface area contributed by atoms with Crippen molar-refractivity contribution in [2.45, 2.75) is 6.61 Å². The lowest BCUT2D eigenvalue weighted by molar-refractivity contribution is -0.0493. The maximum Gasteiger partial charge on any atom is 0.387 e. The molecule has 0 bridgehead atoms. The van der Waals surface area contributed by atoms with Crippen molar-refractivity contribution in [1.82, 2.24) is 0 Å². The van der Waals surface area contributed by atoms with E-state index in [1.807, 2.05) is 0 Å². The van der Waals surface area contributed by atoms with Crippen LogP contribution in [-0.4, -0.2) is 13.7 Å². The fraction of sp³-hybridized carbons (Fsp3) is 0.250. The van der Waals surface area contributed by atoms with E-state index < -0.39 is 6.61 Å². The lowest BCUT2D eigenvalue weighted by atomic mass is 10.3. The zero-order valence-corrected chi connectivity index (χ0v) is 6.96. The van der Waals surface area contributed by atoms with Crippen molar-refractivity contribution in [2.75, 3.05) is 12.8 Å². The number of alkyl halides is 2. The maximum atomic E-state index is 11.8. The monoisotopic (exact) mass is 189 g/mol. The number of halogens is 2. The van der Waals surface area contributed by atoms with Crippen LogP contribution in [0.2, 0.25) is 0 Å². The molecule has 0 aromatic heterocycles. The first-order valence-corrected chi connectivity index (χ1v) is 3.52. The Hall–Kier alpha value is -1.52. The van der Waals surface area contributed by atoms with Gasteiger partial charge in [0.25, 0.3) is 0 Å². The Balaban J connectivity index is 2.85. The van der Waals surface area contributed by atoms with Crippen LogP contribution in [0.5, 0.6) is 11.5 Å². The van der Waals surface area contributed by atoms with Gasteiger partial charge in [-0.15, -0.1) is 0 Å². The van der Waals surface area contributed by atoms with Gasteiger partial charge in [-0.05, 0) is 12.1 Å². The van der Waals surface area contributed by atoms with E-state index in [1.54, 1.807) is 0 Å². The minimum atomic E-state index is -2.87. The highest BCUT2D eigenvalue weighted by molar-refractivity contribution is 5.56. The van der Waals surface area contributed by atoms with Crippen LogP contribution < -0.4 is 15.2 Å². The van der Waals surface area contributed by atoms with Crippen LogP contribution in [0.25, 0.3) is 0 Å². The summed E-state index contributed by atoms with van der Waals surface area (Å²) in [7, 11) is 1.46. The van der Waals surface area contributed by atoms with Crippen LogP contribution >= 0.6 is 0 Å². The van der Waals surface area contributed by atoms with Gasteiger partial charge in [0.2, 0.25) is 0 Å². The Kier molecular flexibility index (Phi) is 2.89. The molecular formula is C8H9F2NO2. The van der Waals surface area contributed by atoms with E-state index in [4.69, 9.17) is 10.5 Å². The second kappa shape index (κ2) is 3.93. The number of ether oxygens (including phenoxy) is 2. The summed E-state index contributed by atoms with van der Waals surface area (Å²) >= 11 is 0. The Bertz CT molecular complexity index is 291. The molecule has 1 aromatic carbocycles. The molecule has 0 fully saturated rings. The molecule has 13 heavy (non-hydrogen) atoms. The lowest BCUT2D eigenvalue weighted by Crippen LogP contribution is -2.04. The number of benzene rings is 1. The summed E-state index contributed by atoms with van der Waals surface area (Å²) in [5.41, 5.74) is 5.53. The second-order valence-electron chi connectivity index (χ2n) is 2.28. The summed E-state index contributed by atoms with van der Waals surface area (Å²) in [6.45, 7) is -2.87. The Labute approximate surface area is 74.1 Å². The van der Waals surface area contributed by atoms with Gasteiger partial charge in [0.1, 0.15) is 11.5 Å². The maximum absolute atomic E-state index is 11.8. The highest BCUT2D eigenvalue weighted by Gasteiger charge is 2.07. The molecule has 1 rings (SSSR count). The van der Waals surface area contributed by atoms with Gasteiger partial charge in [0.15, 0.2) is 0 Å². The van der Waals surface area contributed by atoms with Crippen LogP contribution in [0.3, 0.4) is 0 Å². The molecule has 0 radical (unpaired) electrons. The molecule has 0 aliphatic carbocycles. The summed E-state index contributed by atoms with van der Waals surface area (Å²) in [5.74, 6) is 0.454. The standard InChI is InChI=1S/C8H9F2NO2/c1-12-5-2-3-7(6(11)4-5)13-8(9)10/h2-4,8H,11H2,1H3. The Morgan fingerprint density at radius 3 is 2.54 bits per heavy atom. The third kappa shape index (κ3) is 2.47. The number of rotatable bonds is 3. The number of nitrogens with two attached hydrogens (primary N) is 1.